The van der Waals surface area contributed by atoms with E-state index < -0.39 is 26.6 Å². The molecule has 0 aliphatic carbocycles. The molecule has 1 aliphatic heterocycles. The number of halogens is 2. The Kier molecular flexibility index (Phi) is 3.89. The van der Waals surface area contributed by atoms with Gasteiger partial charge >= 0.3 is 0 Å². The van der Waals surface area contributed by atoms with E-state index in [1.807, 2.05) is 0 Å². The molecule has 0 bridgehead atoms. The van der Waals surface area contributed by atoms with Crippen LogP contribution in [0.5, 0.6) is 0 Å². The zero-order valence-electron chi connectivity index (χ0n) is 10.5. The summed E-state index contributed by atoms with van der Waals surface area (Å²) in [5.74, 6) is -1.72. The number of hydrogen-bond donors (Lipinski definition) is 1. The van der Waals surface area contributed by atoms with Crippen molar-refractivity contribution in [3.63, 3.8) is 0 Å². The van der Waals surface area contributed by atoms with E-state index in [0.29, 0.717) is 18.9 Å². The summed E-state index contributed by atoms with van der Waals surface area (Å²) in [5.41, 5.74) is 5.77. The fourth-order valence-electron chi connectivity index (χ4n) is 2.35. The second-order valence-corrected chi connectivity index (χ2v) is 6.68. The van der Waals surface area contributed by atoms with Crippen molar-refractivity contribution in [1.29, 1.82) is 0 Å². The maximum absolute atomic E-state index is 13.6. The summed E-state index contributed by atoms with van der Waals surface area (Å²) in [6.07, 6.45) is 1.02. The van der Waals surface area contributed by atoms with Gasteiger partial charge in [-0.25, -0.2) is 17.2 Å². The third kappa shape index (κ3) is 2.77. The summed E-state index contributed by atoms with van der Waals surface area (Å²) in [5, 5.41) is 0. The third-order valence-corrected chi connectivity index (χ3v) is 5.36. The van der Waals surface area contributed by atoms with Crippen LogP contribution in [-0.4, -0.2) is 31.4 Å². The van der Waals surface area contributed by atoms with Crippen LogP contribution in [0.25, 0.3) is 0 Å². The minimum absolute atomic E-state index is 0.0567. The highest BCUT2D eigenvalue weighted by Crippen LogP contribution is 2.26. The molecule has 0 radical (unpaired) electrons. The van der Waals surface area contributed by atoms with Crippen LogP contribution in [0.2, 0.25) is 0 Å². The highest BCUT2D eigenvalue weighted by atomic mass is 32.2. The first kappa shape index (κ1) is 14.4. The van der Waals surface area contributed by atoms with Gasteiger partial charge in [0.25, 0.3) is 0 Å². The lowest BCUT2D eigenvalue weighted by Gasteiger charge is -2.35. The SMILES string of the molecule is CC1CC(N)CCN1S(=O)(=O)c1cc(F)ccc1F. The molecule has 19 heavy (non-hydrogen) atoms. The second kappa shape index (κ2) is 5.15. The number of benzene rings is 1. The van der Waals surface area contributed by atoms with Crippen LogP contribution in [0.4, 0.5) is 8.78 Å². The zero-order chi connectivity index (χ0) is 14.2. The predicted octanol–water partition coefficient (Wildman–Crippen LogP) is 1.47. The van der Waals surface area contributed by atoms with E-state index in [2.05, 4.69) is 0 Å². The summed E-state index contributed by atoms with van der Waals surface area (Å²) in [7, 11) is -4.03. The summed E-state index contributed by atoms with van der Waals surface area (Å²) in [6, 6.07) is 2.05. The van der Waals surface area contributed by atoms with Crippen molar-refractivity contribution in [2.45, 2.75) is 36.7 Å². The number of sulfonamides is 1. The molecule has 2 unspecified atom stereocenters. The monoisotopic (exact) mass is 290 g/mol. The summed E-state index contributed by atoms with van der Waals surface area (Å²) in [6.45, 7) is 1.94. The van der Waals surface area contributed by atoms with Crippen LogP contribution in [0.1, 0.15) is 19.8 Å². The highest BCUT2D eigenvalue weighted by Gasteiger charge is 2.35. The van der Waals surface area contributed by atoms with Gasteiger partial charge in [-0.05, 0) is 38.0 Å². The molecule has 0 spiro atoms. The predicted molar refractivity (Wildman–Crippen MR) is 66.9 cm³/mol. The van der Waals surface area contributed by atoms with Crippen molar-refractivity contribution >= 4 is 10.0 Å². The lowest BCUT2D eigenvalue weighted by molar-refractivity contribution is 0.246. The van der Waals surface area contributed by atoms with E-state index in [4.69, 9.17) is 5.73 Å². The van der Waals surface area contributed by atoms with Crippen LogP contribution >= 0.6 is 0 Å². The molecule has 1 fully saturated rings. The van der Waals surface area contributed by atoms with Crippen molar-refractivity contribution in [1.82, 2.24) is 4.31 Å². The van der Waals surface area contributed by atoms with E-state index in [9.17, 15) is 17.2 Å². The van der Waals surface area contributed by atoms with Crippen molar-refractivity contribution in [2.24, 2.45) is 5.73 Å². The van der Waals surface area contributed by atoms with E-state index in [1.54, 1.807) is 6.92 Å². The minimum atomic E-state index is -4.03. The Morgan fingerprint density at radius 2 is 2.05 bits per heavy atom. The molecule has 1 aromatic carbocycles. The Morgan fingerprint density at radius 1 is 1.37 bits per heavy atom. The highest BCUT2D eigenvalue weighted by molar-refractivity contribution is 7.89. The normalized spacial score (nSPS) is 25.5. The molecule has 106 valence electrons. The van der Waals surface area contributed by atoms with Gasteiger partial charge in [0.05, 0.1) is 0 Å². The molecule has 0 saturated carbocycles. The van der Waals surface area contributed by atoms with Gasteiger partial charge in [0, 0.05) is 18.6 Å². The Morgan fingerprint density at radius 3 is 2.68 bits per heavy atom. The minimum Gasteiger partial charge on any atom is -0.328 e. The summed E-state index contributed by atoms with van der Waals surface area (Å²) in [4.78, 5) is -0.616. The largest absolute Gasteiger partial charge is 0.328 e. The first-order valence-corrected chi connectivity index (χ1v) is 7.49. The van der Waals surface area contributed by atoms with Gasteiger partial charge in [0.15, 0.2) is 0 Å². The van der Waals surface area contributed by atoms with Crippen LogP contribution < -0.4 is 5.73 Å². The fourth-order valence-corrected chi connectivity index (χ4v) is 4.08. The number of nitrogens with two attached hydrogens (primary N) is 1. The van der Waals surface area contributed by atoms with E-state index >= 15 is 0 Å². The van der Waals surface area contributed by atoms with Gasteiger partial charge in [-0.2, -0.15) is 4.31 Å². The first-order valence-electron chi connectivity index (χ1n) is 6.05. The van der Waals surface area contributed by atoms with E-state index in [1.165, 1.54) is 4.31 Å². The molecule has 0 amide bonds. The zero-order valence-corrected chi connectivity index (χ0v) is 11.3. The van der Waals surface area contributed by atoms with Gasteiger partial charge in [0.2, 0.25) is 10.0 Å². The van der Waals surface area contributed by atoms with Gasteiger partial charge in [0.1, 0.15) is 16.5 Å². The van der Waals surface area contributed by atoms with Crippen molar-refractivity contribution in [3.8, 4) is 0 Å². The van der Waals surface area contributed by atoms with Crippen molar-refractivity contribution < 1.29 is 17.2 Å². The van der Waals surface area contributed by atoms with Crippen LogP contribution in [0.3, 0.4) is 0 Å². The van der Waals surface area contributed by atoms with Crippen LogP contribution in [-0.2, 0) is 10.0 Å². The average molecular weight is 290 g/mol. The average Bonchev–Trinajstić information content (AvgIpc) is 2.31. The lowest BCUT2D eigenvalue weighted by atomic mass is 10.0. The molecular weight excluding hydrogens is 274 g/mol. The number of piperidine rings is 1. The standard InChI is InChI=1S/C12H16F2N2O2S/c1-8-6-10(15)4-5-16(8)19(17,18)12-7-9(13)2-3-11(12)14/h2-3,7-8,10H,4-6,15H2,1H3. The molecule has 4 nitrogen and oxygen atoms in total. The molecule has 2 N–H and O–H groups in total. The van der Waals surface area contributed by atoms with Gasteiger partial charge < -0.3 is 5.73 Å². The molecule has 1 heterocycles. The number of nitrogens with zero attached hydrogens (tertiary/aromatic N) is 1. The topological polar surface area (TPSA) is 63.4 Å². The van der Waals surface area contributed by atoms with E-state index in [0.717, 1.165) is 12.1 Å². The molecule has 7 heteroatoms. The maximum atomic E-state index is 13.6. The Hall–Kier alpha value is -1.05. The molecule has 1 aliphatic rings. The smallest absolute Gasteiger partial charge is 0.246 e. The molecule has 1 aromatic rings. The molecular formula is C12H16F2N2O2S. The quantitative estimate of drug-likeness (QED) is 0.897. The van der Waals surface area contributed by atoms with E-state index in [-0.39, 0.29) is 18.6 Å². The van der Waals surface area contributed by atoms with Gasteiger partial charge in [-0.1, -0.05) is 0 Å². The number of rotatable bonds is 2. The van der Waals surface area contributed by atoms with Crippen molar-refractivity contribution in [2.75, 3.05) is 6.54 Å². The van der Waals surface area contributed by atoms with Crippen LogP contribution in [0, 0.1) is 11.6 Å². The Balaban J connectivity index is 2.39. The van der Waals surface area contributed by atoms with Gasteiger partial charge in [-0.15, -0.1) is 0 Å². The summed E-state index contributed by atoms with van der Waals surface area (Å²) >= 11 is 0. The maximum Gasteiger partial charge on any atom is 0.246 e. The van der Waals surface area contributed by atoms with Crippen LogP contribution in [0.15, 0.2) is 23.1 Å². The molecule has 2 rings (SSSR count). The molecule has 1 saturated heterocycles. The van der Waals surface area contributed by atoms with Crippen molar-refractivity contribution in [3.05, 3.63) is 29.8 Å². The Bertz CT molecular complexity index is 577. The molecule has 0 aromatic heterocycles. The first-order chi connectivity index (χ1) is 8.82. The second-order valence-electron chi connectivity index (χ2n) is 4.82. The lowest BCUT2D eigenvalue weighted by Crippen LogP contribution is -2.48. The fraction of sp³-hybridized carbons (Fsp3) is 0.500. The number of hydrogen-bond acceptors (Lipinski definition) is 3. The van der Waals surface area contributed by atoms with Gasteiger partial charge in [-0.3, -0.25) is 0 Å². The molecule has 2 atom stereocenters. The third-order valence-electron chi connectivity index (χ3n) is 3.34. The Labute approximate surface area is 111 Å². The summed E-state index contributed by atoms with van der Waals surface area (Å²) < 4.78 is 52.7.